The van der Waals surface area contributed by atoms with Crippen molar-refractivity contribution in [3.8, 4) is 29.1 Å². The van der Waals surface area contributed by atoms with Crippen molar-refractivity contribution < 1.29 is 43.5 Å². The van der Waals surface area contributed by atoms with Gasteiger partial charge in [0.05, 0.1) is 29.9 Å². The van der Waals surface area contributed by atoms with Crippen LogP contribution >= 0.6 is 0 Å². The van der Waals surface area contributed by atoms with Crippen molar-refractivity contribution in [2.75, 3.05) is 40.3 Å². The highest BCUT2D eigenvalue weighted by molar-refractivity contribution is 6.03. The highest BCUT2D eigenvalue weighted by Gasteiger charge is 2.65. The Morgan fingerprint density at radius 3 is 2.44 bits per heavy atom. The number of oxime groups is 1. The molecular formula is C47H53N3O9. The Kier molecular flexibility index (Phi) is 13.4. The van der Waals surface area contributed by atoms with E-state index in [9.17, 15) is 15.5 Å². The average Bonchev–Trinajstić information content (AvgIpc) is 3.74. The van der Waals surface area contributed by atoms with E-state index in [4.69, 9.17) is 33.7 Å². The van der Waals surface area contributed by atoms with Gasteiger partial charge < -0.3 is 43.6 Å². The summed E-state index contributed by atoms with van der Waals surface area (Å²) in [6.45, 7) is 8.76. The summed E-state index contributed by atoms with van der Waals surface area (Å²) in [5.74, 6) is 0.191. The Labute approximate surface area is 345 Å². The van der Waals surface area contributed by atoms with Crippen molar-refractivity contribution in [2.24, 2.45) is 22.9 Å². The number of carbonyl (C=O) groups excluding carboxylic acids is 1. The molecular weight excluding hydrogens is 751 g/mol. The van der Waals surface area contributed by atoms with E-state index in [1.807, 2.05) is 30.3 Å². The van der Waals surface area contributed by atoms with Gasteiger partial charge in [-0.05, 0) is 103 Å². The molecule has 1 amide bonds. The summed E-state index contributed by atoms with van der Waals surface area (Å²) >= 11 is 0. The van der Waals surface area contributed by atoms with Crippen LogP contribution in [0.5, 0.6) is 23.0 Å². The topological polar surface area (TPSA) is 152 Å². The highest BCUT2D eigenvalue weighted by Crippen LogP contribution is 2.62. The first-order valence-corrected chi connectivity index (χ1v) is 20.4. The third-order valence-electron chi connectivity index (χ3n) is 11.9. The third-order valence-corrected chi connectivity index (χ3v) is 11.9. The van der Waals surface area contributed by atoms with Crippen molar-refractivity contribution in [2.45, 2.75) is 69.2 Å². The maximum atomic E-state index is 15.2. The zero-order chi connectivity index (χ0) is 41.4. The van der Waals surface area contributed by atoms with Gasteiger partial charge in [0.15, 0.2) is 11.5 Å². The molecule has 1 saturated carbocycles. The van der Waals surface area contributed by atoms with E-state index in [0.29, 0.717) is 59.3 Å². The Balaban J connectivity index is 1.46. The maximum absolute atomic E-state index is 15.2. The number of ether oxygens (including phenoxy) is 5. The number of nitrogens with zero attached hydrogens (tertiary/aromatic N) is 3. The Morgan fingerprint density at radius 1 is 0.966 bits per heavy atom. The minimum atomic E-state index is -1.46. The van der Waals surface area contributed by atoms with Gasteiger partial charge in [0.25, 0.3) is 5.91 Å². The lowest BCUT2D eigenvalue weighted by Gasteiger charge is -2.60. The van der Waals surface area contributed by atoms with Crippen LogP contribution in [-0.4, -0.2) is 78.9 Å². The van der Waals surface area contributed by atoms with E-state index >= 15 is 4.79 Å². The monoisotopic (exact) mass is 803 g/mol. The molecule has 3 aromatic rings. The quantitative estimate of drug-likeness (QED) is 0.0710. The van der Waals surface area contributed by atoms with E-state index in [2.05, 4.69) is 31.4 Å². The molecule has 2 heterocycles. The van der Waals surface area contributed by atoms with E-state index in [-0.39, 0.29) is 63.2 Å². The van der Waals surface area contributed by atoms with E-state index in [1.165, 1.54) is 7.11 Å². The van der Waals surface area contributed by atoms with E-state index in [1.54, 1.807) is 41.3 Å². The molecule has 59 heavy (non-hydrogen) atoms. The smallest absolute Gasteiger partial charge is 0.254 e. The normalized spacial score (nSPS) is 24.1. The van der Waals surface area contributed by atoms with Gasteiger partial charge in [-0.15, -0.1) is 6.58 Å². The van der Waals surface area contributed by atoms with E-state index in [0.717, 1.165) is 42.4 Å². The number of hydrogen-bond donors (Lipinski definition) is 2. The van der Waals surface area contributed by atoms with Gasteiger partial charge in [0, 0.05) is 43.2 Å². The van der Waals surface area contributed by atoms with Gasteiger partial charge >= 0.3 is 0 Å². The van der Waals surface area contributed by atoms with Gasteiger partial charge in [0.2, 0.25) is 12.6 Å². The molecule has 4 aliphatic rings. The van der Waals surface area contributed by atoms with E-state index < -0.39 is 17.7 Å². The summed E-state index contributed by atoms with van der Waals surface area (Å²) in [5.41, 5.74) is 4.20. The van der Waals surface area contributed by atoms with Crippen LogP contribution in [0, 0.1) is 29.1 Å². The first-order chi connectivity index (χ1) is 28.9. The number of hydrogen-bond acceptors (Lipinski definition) is 11. The molecule has 310 valence electrons. The fourth-order valence-electron chi connectivity index (χ4n) is 9.42. The van der Waals surface area contributed by atoms with Crippen molar-refractivity contribution in [1.82, 2.24) is 4.90 Å². The summed E-state index contributed by atoms with van der Waals surface area (Å²) in [6, 6.07) is 19.5. The Morgan fingerprint density at radius 2 is 1.71 bits per heavy atom. The molecule has 0 aromatic heterocycles. The molecule has 1 fully saturated rings. The second kappa shape index (κ2) is 19.0. The number of nitriles is 1. The minimum Gasteiger partial charge on any atom is -0.490 e. The number of carbonyl (C=O) groups is 1. The number of fused-ring (bicyclic) bond motifs is 3. The van der Waals surface area contributed by atoms with Crippen LogP contribution in [0.25, 0.3) is 0 Å². The van der Waals surface area contributed by atoms with Crippen LogP contribution in [0.3, 0.4) is 0 Å². The zero-order valence-electron chi connectivity index (χ0n) is 33.6. The standard InChI is InChI=1S/C47H53N3O9/c1-4-22-55-35-17-19-40-38(26-35)44-36(11-7-9-21-52)34(10-6-8-20-51)25-37-39(49-54-3)27-43(47(59-40,45(37)44)58-23-5-2)50(46(53)33-15-12-31(28-48)13-16-33)29-32-14-18-41-42(24-32)57-30-56-41/h4-5,12-19,24-26,34,36,43-45,51-52H,1-2,6-11,20-23,27,29-30H2,3H3/t34-,36+,43-,44+,45+,47+/m0/s1. The molecule has 0 saturated heterocycles. The lowest BCUT2D eigenvalue weighted by Crippen LogP contribution is -2.70. The SMILES string of the molecule is C=CCOc1ccc2c(c1)[C@H]1[C@H](CCCCO)[C@@H](CCCCO)C=C3C(=NOC)C[C@H](N(Cc4ccc5c(c4)OCO5)C(=O)c4ccc(C#N)cc4)[C@@](OCC=C)(O2)[C@H]31. The number of benzene rings is 3. The number of aliphatic hydroxyl groups is 2. The second-order valence-corrected chi connectivity index (χ2v) is 15.4. The molecule has 2 N–H and O–H groups in total. The summed E-state index contributed by atoms with van der Waals surface area (Å²) in [7, 11) is 1.53. The summed E-state index contributed by atoms with van der Waals surface area (Å²) in [5, 5.41) is 34.0. The van der Waals surface area contributed by atoms with Gasteiger partial charge in [-0.1, -0.05) is 48.9 Å². The number of amides is 1. The summed E-state index contributed by atoms with van der Waals surface area (Å²) in [4.78, 5) is 22.6. The van der Waals surface area contributed by atoms with Crippen molar-refractivity contribution >= 4 is 11.6 Å². The maximum Gasteiger partial charge on any atom is 0.254 e. The van der Waals surface area contributed by atoms with Gasteiger partial charge in [-0.3, -0.25) is 4.79 Å². The molecule has 7 rings (SSSR count). The zero-order valence-corrected chi connectivity index (χ0v) is 33.6. The number of rotatable bonds is 19. The summed E-state index contributed by atoms with van der Waals surface area (Å²) < 4.78 is 31.9. The molecule has 2 aliphatic heterocycles. The largest absolute Gasteiger partial charge is 0.490 e. The van der Waals surface area contributed by atoms with Crippen LogP contribution in [0.15, 0.2) is 103 Å². The van der Waals surface area contributed by atoms with Gasteiger partial charge in [-0.2, -0.15) is 5.26 Å². The van der Waals surface area contributed by atoms with Crippen LogP contribution in [0.1, 0.15) is 77.9 Å². The number of unbranched alkanes of at least 4 members (excludes halogenated alkanes) is 2. The molecule has 0 bridgehead atoms. The van der Waals surface area contributed by atoms with Crippen LogP contribution in [0.2, 0.25) is 0 Å². The molecule has 0 spiro atoms. The van der Waals surface area contributed by atoms with Crippen molar-refractivity contribution in [3.63, 3.8) is 0 Å². The fraction of sp³-hybridized carbons (Fsp3) is 0.426. The third kappa shape index (κ3) is 8.46. The van der Waals surface area contributed by atoms with Crippen molar-refractivity contribution in [3.05, 3.63) is 120 Å². The molecule has 12 heteroatoms. The van der Waals surface area contributed by atoms with Crippen LogP contribution in [0.4, 0.5) is 0 Å². The van der Waals surface area contributed by atoms with Gasteiger partial charge in [0.1, 0.15) is 31.3 Å². The lowest BCUT2D eigenvalue weighted by atomic mass is 9.55. The minimum absolute atomic E-state index is 0.0529. The molecule has 12 nitrogen and oxygen atoms in total. The molecule has 6 atom stereocenters. The molecule has 0 radical (unpaired) electrons. The Bertz CT molecular complexity index is 2090. The number of aliphatic hydroxyl groups excluding tert-OH is 2. The molecule has 2 aliphatic carbocycles. The second-order valence-electron chi connectivity index (χ2n) is 15.4. The first-order valence-electron chi connectivity index (χ1n) is 20.4. The Hall–Kier alpha value is -5.61. The average molecular weight is 804 g/mol. The highest BCUT2D eigenvalue weighted by atomic mass is 16.7. The predicted octanol–water partition coefficient (Wildman–Crippen LogP) is 7.46. The first kappa shape index (κ1) is 41.5. The fourth-order valence-corrected chi connectivity index (χ4v) is 9.42. The molecule has 3 aromatic carbocycles. The number of allylic oxidation sites excluding steroid dienone is 1. The van der Waals surface area contributed by atoms with Gasteiger partial charge in [-0.25, -0.2) is 0 Å². The molecule has 0 unspecified atom stereocenters. The van der Waals surface area contributed by atoms with Crippen LogP contribution in [-0.2, 0) is 16.1 Å². The lowest BCUT2D eigenvalue weighted by molar-refractivity contribution is -0.255. The predicted molar refractivity (Wildman–Crippen MR) is 221 cm³/mol. The van der Waals surface area contributed by atoms with Crippen molar-refractivity contribution in [1.29, 1.82) is 5.26 Å². The summed E-state index contributed by atoms with van der Waals surface area (Å²) in [6.07, 6.45) is 10.5. The van der Waals surface area contributed by atoms with Crippen LogP contribution < -0.4 is 18.9 Å².